The predicted octanol–water partition coefficient (Wildman–Crippen LogP) is 0.926. The molecule has 2 nitrogen and oxygen atoms in total. The number of ether oxygens (including phenoxy) is 1. The van der Waals surface area contributed by atoms with E-state index in [1.165, 1.54) is 0 Å². The topological polar surface area (TPSA) is 21.3 Å². The molecule has 0 aliphatic carbocycles. The highest BCUT2D eigenvalue weighted by Crippen LogP contribution is 2.22. The molecule has 5 heteroatoms. The minimum atomic E-state index is -4.18. The van der Waals surface area contributed by atoms with Crippen LogP contribution in [0.25, 0.3) is 0 Å². The van der Waals surface area contributed by atoms with E-state index in [4.69, 9.17) is 4.74 Å². The number of halogens is 3. The Labute approximate surface area is 62.7 Å². The molecule has 1 N–H and O–H groups in total. The molecule has 66 valence electrons. The third-order valence-corrected chi connectivity index (χ3v) is 1.59. The van der Waals surface area contributed by atoms with Crippen LogP contribution in [0.1, 0.15) is 6.92 Å². The van der Waals surface area contributed by atoms with Crippen LogP contribution in [0.2, 0.25) is 0 Å². The van der Waals surface area contributed by atoms with Crippen LogP contribution in [-0.2, 0) is 4.74 Å². The van der Waals surface area contributed by atoms with Crippen molar-refractivity contribution in [2.45, 2.75) is 25.2 Å². The van der Waals surface area contributed by atoms with Gasteiger partial charge in [0.1, 0.15) is 6.04 Å². The predicted molar refractivity (Wildman–Crippen MR) is 33.3 cm³/mol. The van der Waals surface area contributed by atoms with Crippen molar-refractivity contribution in [3.8, 4) is 0 Å². The fraction of sp³-hybridized carbons (Fsp3) is 1.00. The summed E-state index contributed by atoms with van der Waals surface area (Å²) in [6.45, 7) is 1.73. The molecule has 0 amide bonds. The Kier molecular flexibility index (Phi) is 2.39. The molecule has 11 heavy (non-hydrogen) atoms. The fourth-order valence-corrected chi connectivity index (χ4v) is 0.897. The van der Waals surface area contributed by atoms with Crippen molar-refractivity contribution < 1.29 is 17.9 Å². The Morgan fingerprint density at radius 2 is 2.09 bits per heavy atom. The molecule has 1 aliphatic rings. The Morgan fingerprint density at radius 1 is 1.45 bits per heavy atom. The van der Waals surface area contributed by atoms with Gasteiger partial charge in [0.05, 0.1) is 12.7 Å². The maximum absolute atomic E-state index is 11.9. The first-order chi connectivity index (χ1) is 5.00. The molecule has 0 aromatic heterocycles. The van der Waals surface area contributed by atoms with Crippen LogP contribution < -0.4 is 5.32 Å². The second kappa shape index (κ2) is 2.98. The summed E-state index contributed by atoms with van der Waals surface area (Å²) in [5.74, 6) is 0. The largest absolute Gasteiger partial charge is 0.406 e. The fourth-order valence-electron chi connectivity index (χ4n) is 0.897. The summed E-state index contributed by atoms with van der Waals surface area (Å²) in [6.07, 6.45) is -4.30. The lowest BCUT2D eigenvalue weighted by Gasteiger charge is -2.29. The summed E-state index contributed by atoms with van der Waals surface area (Å²) in [5, 5.41) is 2.36. The molecule has 1 rings (SSSR count). The van der Waals surface area contributed by atoms with Crippen LogP contribution in [0.4, 0.5) is 13.2 Å². The van der Waals surface area contributed by atoms with Gasteiger partial charge in [0.25, 0.3) is 0 Å². The first-order valence-corrected chi connectivity index (χ1v) is 3.42. The molecule has 1 fully saturated rings. The molecule has 0 unspecified atom stereocenters. The van der Waals surface area contributed by atoms with Gasteiger partial charge < -0.3 is 10.1 Å². The van der Waals surface area contributed by atoms with E-state index in [9.17, 15) is 13.2 Å². The molecular formula is C6H10F3NO. The first-order valence-electron chi connectivity index (χ1n) is 3.42. The highest BCUT2D eigenvalue weighted by molar-refractivity contribution is 4.79. The van der Waals surface area contributed by atoms with Crippen LogP contribution in [0.15, 0.2) is 0 Å². The number of hydrogen-bond donors (Lipinski definition) is 1. The van der Waals surface area contributed by atoms with Crippen molar-refractivity contribution in [2.24, 2.45) is 0 Å². The van der Waals surface area contributed by atoms with Crippen molar-refractivity contribution in [3.05, 3.63) is 0 Å². The summed E-state index contributed by atoms with van der Waals surface area (Å²) >= 11 is 0. The van der Waals surface area contributed by atoms with Crippen molar-refractivity contribution >= 4 is 0 Å². The molecule has 1 heterocycles. The van der Waals surface area contributed by atoms with Crippen LogP contribution in [-0.4, -0.2) is 31.5 Å². The van der Waals surface area contributed by atoms with E-state index in [-0.39, 0.29) is 19.3 Å². The quantitative estimate of drug-likeness (QED) is 0.582. The van der Waals surface area contributed by atoms with Gasteiger partial charge in [-0.1, -0.05) is 0 Å². The lowest BCUT2D eigenvalue weighted by atomic mass is 10.2. The van der Waals surface area contributed by atoms with Gasteiger partial charge in [0.2, 0.25) is 0 Å². The molecule has 0 aromatic carbocycles. The molecule has 0 spiro atoms. The third kappa shape index (κ3) is 2.34. The van der Waals surface area contributed by atoms with Crippen LogP contribution in [0.3, 0.4) is 0 Å². The van der Waals surface area contributed by atoms with Gasteiger partial charge in [-0.05, 0) is 6.92 Å². The summed E-state index contributed by atoms with van der Waals surface area (Å²) in [7, 11) is 0. The van der Waals surface area contributed by atoms with E-state index in [2.05, 4.69) is 5.32 Å². The molecule has 1 aliphatic heterocycles. The number of morpholine rings is 1. The average Bonchev–Trinajstić information content (AvgIpc) is 1.86. The normalized spacial score (nSPS) is 33.8. The van der Waals surface area contributed by atoms with E-state index in [0.717, 1.165) is 0 Å². The number of rotatable bonds is 0. The zero-order valence-corrected chi connectivity index (χ0v) is 6.11. The molecule has 0 saturated carbocycles. The number of hydrogen-bond acceptors (Lipinski definition) is 2. The molecule has 1 saturated heterocycles. The Hall–Kier alpha value is -0.290. The smallest absolute Gasteiger partial charge is 0.375 e. The third-order valence-electron chi connectivity index (χ3n) is 1.59. The van der Waals surface area contributed by atoms with Gasteiger partial charge in [-0.3, -0.25) is 0 Å². The molecule has 0 bridgehead atoms. The highest BCUT2D eigenvalue weighted by Gasteiger charge is 2.41. The van der Waals surface area contributed by atoms with Gasteiger partial charge in [-0.2, -0.15) is 13.2 Å². The zero-order chi connectivity index (χ0) is 8.48. The summed E-state index contributed by atoms with van der Waals surface area (Å²) in [5.41, 5.74) is 0. The summed E-state index contributed by atoms with van der Waals surface area (Å²) in [6, 6.07) is -1.49. The Bertz CT molecular complexity index is 128. The van der Waals surface area contributed by atoms with Gasteiger partial charge in [-0.15, -0.1) is 0 Å². The van der Waals surface area contributed by atoms with Gasteiger partial charge >= 0.3 is 6.18 Å². The minimum absolute atomic E-state index is 0.117. The lowest BCUT2D eigenvalue weighted by molar-refractivity contribution is -0.182. The van der Waals surface area contributed by atoms with Crippen molar-refractivity contribution in [2.75, 3.05) is 13.2 Å². The second-order valence-electron chi connectivity index (χ2n) is 2.65. The van der Waals surface area contributed by atoms with E-state index < -0.39 is 12.2 Å². The first kappa shape index (κ1) is 8.80. The van der Waals surface area contributed by atoms with E-state index in [1.807, 2.05) is 0 Å². The van der Waals surface area contributed by atoms with Gasteiger partial charge in [-0.25, -0.2) is 0 Å². The van der Waals surface area contributed by atoms with Crippen LogP contribution in [0.5, 0.6) is 0 Å². The average molecular weight is 169 g/mol. The minimum Gasteiger partial charge on any atom is -0.375 e. The number of nitrogens with one attached hydrogen (secondary N) is 1. The lowest BCUT2D eigenvalue weighted by Crippen LogP contribution is -2.52. The van der Waals surface area contributed by atoms with Crippen LogP contribution >= 0.6 is 0 Å². The van der Waals surface area contributed by atoms with E-state index in [0.29, 0.717) is 0 Å². The zero-order valence-electron chi connectivity index (χ0n) is 6.11. The van der Waals surface area contributed by atoms with Crippen LogP contribution in [0, 0.1) is 0 Å². The van der Waals surface area contributed by atoms with Crippen molar-refractivity contribution in [3.63, 3.8) is 0 Å². The second-order valence-corrected chi connectivity index (χ2v) is 2.65. The molecule has 0 aromatic rings. The van der Waals surface area contributed by atoms with Crippen molar-refractivity contribution in [1.29, 1.82) is 0 Å². The van der Waals surface area contributed by atoms with Gasteiger partial charge in [0, 0.05) is 6.54 Å². The van der Waals surface area contributed by atoms with E-state index >= 15 is 0 Å². The maximum Gasteiger partial charge on any atom is 0.406 e. The highest BCUT2D eigenvalue weighted by atomic mass is 19.4. The SMILES string of the molecule is C[C@@H]1CN[C@@H](C(F)(F)F)CO1. The molecule has 0 radical (unpaired) electrons. The van der Waals surface area contributed by atoms with Gasteiger partial charge in [0.15, 0.2) is 0 Å². The number of alkyl halides is 3. The van der Waals surface area contributed by atoms with Crippen molar-refractivity contribution in [1.82, 2.24) is 5.32 Å². The standard InChI is InChI=1S/C6H10F3NO/c1-4-2-10-5(3-11-4)6(7,8)9/h4-5,10H,2-3H2,1H3/t4-,5-/m1/s1. The Balaban J connectivity index is 2.39. The monoisotopic (exact) mass is 169 g/mol. The molecular weight excluding hydrogens is 159 g/mol. The maximum atomic E-state index is 11.9. The summed E-state index contributed by atoms with van der Waals surface area (Å²) in [4.78, 5) is 0. The Morgan fingerprint density at radius 3 is 2.45 bits per heavy atom. The molecule has 2 atom stereocenters. The van der Waals surface area contributed by atoms with E-state index in [1.54, 1.807) is 6.92 Å². The summed E-state index contributed by atoms with van der Waals surface area (Å²) < 4.78 is 40.6.